The van der Waals surface area contributed by atoms with Crippen molar-refractivity contribution in [2.24, 2.45) is 35.0 Å². The van der Waals surface area contributed by atoms with E-state index in [4.69, 9.17) is 4.74 Å². The SMILES string of the molecule is C[C@H]1CC[C@H]2C(CS(=O)(=O)O)C(=O)O[C@H]2[C@]2(C)C(=O)CC(CS(=O)(=O)O)[C@@H]12. The van der Waals surface area contributed by atoms with Crippen molar-refractivity contribution in [3.05, 3.63) is 0 Å². The van der Waals surface area contributed by atoms with E-state index in [0.717, 1.165) is 0 Å². The summed E-state index contributed by atoms with van der Waals surface area (Å²) in [6.07, 6.45) is 0.0608. The summed E-state index contributed by atoms with van der Waals surface area (Å²) in [4.78, 5) is 25.2. The number of hydrogen-bond acceptors (Lipinski definition) is 7. The van der Waals surface area contributed by atoms with Gasteiger partial charge < -0.3 is 4.74 Å². The van der Waals surface area contributed by atoms with E-state index in [-0.39, 0.29) is 18.1 Å². The molecule has 3 aliphatic rings. The number of carbonyl (C=O) groups is 2. The van der Waals surface area contributed by atoms with E-state index in [1.54, 1.807) is 6.92 Å². The Hall–Kier alpha value is -1.04. The van der Waals surface area contributed by atoms with Crippen LogP contribution in [-0.2, 0) is 34.6 Å². The van der Waals surface area contributed by atoms with E-state index in [1.165, 1.54) is 0 Å². The third-order valence-electron chi connectivity index (χ3n) is 6.67. The Morgan fingerprint density at radius 3 is 2.22 bits per heavy atom. The predicted molar refractivity (Wildman–Crippen MR) is 92.8 cm³/mol. The van der Waals surface area contributed by atoms with Gasteiger partial charge in [0.25, 0.3) is 20.2 Å². The van der Waals surface area contributed by atoms with Crippen LogP contribution in [0.5, 0.6) is 0 Å². The van der Waals surface area contributed by atoms with Crippen LogP contribution in [0.15, 0.2) is 0 Å². The first-order valence-electron chi connectivity index (χ1n) is 8.88. The number of hydrogen-bond donors (Lipinski definition) is 2. The quantitative estimate of drug-likeness (QED) is 0.487. The van der Waals surface area contributed by atoms with Gasteiger partial charge in [0.15, 0.2) is 0 Å². The van der Waals surface area contributed by atoms with Crippen LogP contribution in [0.2, 0.25) is 0 Å². The van der Waals surface area contributed by atoms with Crippen molar-refractivity contribution in [3.63, 3.8) is 0 Å². The summed E-state index contributed by atoms with van der Waals surface area (Å²) < 4.78 is 69.4. The van der Waals surface area contributed by atoms with Crippen LogP contribution >= 0.6 is 0 Å². The molecule has 2 unspecified atom stereocenters. The largest absolute Gasteiger partial charge is 0.461 e. The van der Waals surface area contributed by atoms with Gasteiger partial charge in [-0.3, -0.25) is 18.7 Å². The van der Waals surface area contributed by atoms with Gasteiger partial charge in [0.05, 0.1) is 22.8 Å². The van der Waals surface area contributed by atoms with Crippen molar-refractivity contribution in [2.75, 3.05) is 11.5 Å². The fourth-order valence-corrected chi connectivity index (χ4v) is 7.46. The number of Topliss-reactive ketones (excluding diaryl/α,β-unsaturated/α-hetero) is 1. The maximum absolute atomic E-state index is 12.9. The van der Waals surface area contributed by atoms with Gasteiger partial charge in [-0.25, -0.2) is 0 Å². The number of esters is 1. The number of carbonyl (C=O) groups excluding carboxylic acids is 2. The maximum atomic E-state index is 12.9. The molecule has 154 valence electrons. The Kier molecular flexibility index (Phi) is 4.98. The topological polar surface area (TPSA) is 152 Å². The molecule has 9 nitrogen and oxygen atoms in total. The molecular formula is C16H24O9S2. The summed E-state index contributed by atoms with van der Waals surface area (Å²) in [5.41, 5.74) is -1.15. The first-order valence-corrected chi connectivity index (χ1v) is 12.1. The molecule has 2 saturated carbocycles. The number of fused-ring (bicyclic) bond motifs is 3. The molecule has 11 heteroatoms. The van der Waals surface area contributed by atoms with E-state index >= 15 is 0 Å². The van der Waals surface area contributed by atoms with Gasteiger partial charge >= 0.3 is 5.97 Å². The van der Waals surface area contributed by atoms with Crippen molar-refractivity contribution in [2.45, 2.75) is 39.2 Å². The molecule has 3 rings (SSSR count). The van der Waals surface area contributed by atoms with Crippen molar-refractivity contribution >= 4 is 32.0 Å². The van der Waals surface area contributed by atoms with E-state index in [9.17, 15) is 35.5 Å². The second-order valence-electron chi connectivity index (χ2n) is 8.38. The van der Waals surface area contributed by atoms with Crippen molar-refractivity contribution in [1.82, 2.24) is 0 Å². The normalized spacial score (nSPS) is 42.4. The van der Waals surface area contributed by atoms with E-state index in [0.29, 0.717) is 12.8 Å². The molecule has 3 fully saturated rings. The van der Waals surface area contributed by atoms with Crippen molar-refractivity contribution < 1.29 is 40.3 Å². The highest BCUT2D eigenvalue weighted by atomic mass is 32.2. The summed E-state index contributed by atoms with van der Waals surface area (Å²) >= 11 is 0. The molecule has 0 aromatic carbocycles. The molecule has 27 heavy (non-hydrogen) atoms. The number of rotatable bonds is 4. The molecule has 0 aromatic rings. The Bertz CT molecular complexity index is 862. The summed E-state index contributed by atoms with van der Waals surface area (Å²) in [6.45, 7) is 3.53. The van der Waals surface area contributed by atoms with Crippen LogP contribution in [0.4, 0.5) is 0 Å². The fraction of sp³-hybridized carbons (Fsp3) is 0.875. The highest BCUT2D eigenvalue weighted by molar-refractivity contribution is 7.86. The molecule has 0 aromatic heterocycles. The van der Waals surface area contributed by atoms with Crippen LogP contribution in [0.3, 0.4) is 0 Å². The Labute approximate surface area is 158 Å². The predicted octanol–water partition coefficient (Wildman–Crippen LogP) is 0.561. The summed E-state index contributed by atoms with van der Waals surface area (Å²) in [7, 11) is -8.69. The zero-order valence-corrected chi connectivity index (χ0v) is 16.7. The lowest BCUT2D eigenvalue weighted by Gasteiger charge is -2.38. The molecule has 7 atom stereocenters. The molecule has 0 bridgehead atoms. The Balaban J connectivity index is 2.01. The van der Waals surface area contributed by atoms with Gasteiger partial charge in [-0.2, -0.15) is 16.8 Å². The molecule has 0 amide bonds. The molecule has 0 radical (unpaired) electrons. The molecule has 1 heterocycles. The monoisotopic (exact) mass is 424 g/mol. The summed E-state index contributed by atoms with van der Waals surface area (Å²) in [5.74, 6) is -5.00. The first-order chi connectivity index (χ1) is 12.2. The zero-order chi connectivity index (χ0) is 20.4. The molecule has 2 aliphatic carbocycles. The van der Waals surface area contributed by atoms with Crippen LogP contribution in [0, 0.1) is 35.0 Å². The highest BCUT2D eigenvalue weighted by Crippen LogP contribution is 2.58. The Morgan fingerprint density at radius 1 is 1.07 bits per heavy atom. The van der Waals surface area contributed by atoms with Gasteiger partial charge in [-0.05, 0) is 37.5 Å². The highest BCUT2D eigenvalue weighted by Gasteiger charge is 2.65. The van der Waals surface area contributed by atoms with Gasteiger partial charge in [0, 0.05) is 12.3 Å². The number of ketones is 1. The van der Waals surface area contributed by atoms with E-state index < -0.39 is 72.9 Å². The number of ether oxygens (including phenoxy) is 1. The smallest absolute Gasteiger partial charge is 0.310 e. The zero-order valence-electron chi connectivity index (χ0n) is 15.1. The minimum atomic E-state index is -4.40. The molecule has 1 aliphatic heterocycles. The van der Waals surface area contributed by atoms with Crippen LogP contribution in [0.25, 0.3) is 0 Å². The standard InChI is InChI=1S/C16H24O9S2/c1-8-3-4-10-11(7-27(22,23)24)15(18)25-14(10)16(2)12(17)5-9(13(8)16)6-26(19,20)21/h8-11,13-14H,3-7H2,1-2H3,(H,19,20,21)(H,22,23,24)/t8-,9?,10-,11?,13+,14+,16+/m0/s1. The lowest BCUT2D eigenvalue weighted by molar-refractivity contribution is -0.153. The maximum Gasteiger partial charge on any atom is 0.310 e. The van der Waals surface area contributed by atoms with Gasteiger partial charge in [-0.1, -0.05) is 6.92 Å². The fourth-order valence-electron chi connectivity index (χ4n) is 5.76. The van der Waals surface area contributed by atoms with Crippen LogP contribution in [-0.4, -0.2) is 55.3 Å². The summed E-state index contributed by atoms with van der Waals surface area (Å²) in [5, 5.41) is 0. The lowest BCUT2D eigenvalue weighted by atomic mass is 9.66. The third-order valence-corrected chi connectivity index (χ3v) is 8.30. The van der Waals surface area contributed by atoms with E-state index in [2.05, 4.69) is 0 Å². The van der Waals surface area contributed by atoms with Crippen molar-refractivity contribution in [1.29, 1.82) is 0 Å². The second kappa shape index (κ2) is 6.50. The van der Waals surface area contributed by atoms with Gasteiger partial charge in [0.1, 0.15) is 11.9 Å². The second-order valence-corrected chi connectivity index (χ2v) is 11.4. The van der Waals surface area contributed by atoms with Gasteiger partial charge in [-0.15, -0.1) is 0 Å². The molecular weight excluding hydrogens is 400 g/mol. The van der Waals surface area contributed by atoms with Crippen LogP contribution in [0.1, 0.15) is 33.1 Å². The first kappa shape index (κ1) is 20.7. The summed E-state index contributed by atoms with van der Waals surface area (Å²) in [6, 6.07) is 0. The van der Waals surface area contributed by atoms with Gasteiger partial charge in [0.2, 0.25) is 0 Å². The minimum absolute atomic E-state index is 0.0466. The molecule has 2 N–H and O–H groups in total. The van der Waals surface area contributed by atoms with E-state index in [1.807, 2.05) is 6.92 Å². The third kappa shape index (κ3) is 3.66. The average Bonchev–Trinajstić information content (AvgIpc) is 2.86. The molecule has 1 saturated heterocycles. The minimum Gasteiger partial charge on any atom is -0.461 e. The lowest BCUT2D eigenvalue weighted by Crippen LogP contribution is -2.46. The average molecular weight is 424 g/mol. The van der Waals surface area contributed by atoms with Crippen molar-refractivity contribution in [3.8, 4) is 0 Å². The van der Waals surface area contributed by atoms with Crippen LogP contribution < -0.4 is 0 Å². The molecule has 0 spiro atoms. The Morgan fingerprint density at radius 2 is 1.67 bits per heavy atom.